The lowest BCUT2D eigenvalue weighted by molar-refractivity contribution is 0.217. The van der Waals surface area contributed by atoms with E-state index in [9.17, 15) is 4.79 Å². The average molecular weight is 328 g/mol. The Kier molecular flexibility index (Phi) is 5.02. The number of amides is 2. The van der Waals surface area contributed by atoms with Gasteiger partial charge in [-0.3, -0.25) is 5.32 Å². The largest absolute Gasteiger partial charge is 0.323 e. The van der Waals surface area contributed by atoms with Gasteiger partial charge < -0.3 is 4.90 Å². The number of rotatable bonds is 4. The third-order valence-corrected chi connectivity index (χ3v) is 4.68. The SMILES string of the molecule is CCCc1nnc(NC(=O)N2CC=C(c3ccccc3)CC2)s1. The highest BCUT2D eigenvalue weighted by atomic mass is 32.1. The van der Waals surface area contributed by atoms with Gasteiger partial charge in [-0.1, -0.05) is 54.7 Å². The van der Waals surface area contributed by atoms with Crippen LogP contribution in [0.15, 0.2) is 36.4 Å². The fourth-order valence-corrected chi connectivity index (χ4v) is 3.39. The van der Waals surface area contributed by atoms with Crippen molar-refractivity contribution in [2.45, 2.75) is 26.2 Å². The van der Waals surface area contributed by atoms with Gasteiger partial charge in [0.05, 0.1) is 0 Å². The molecule has 1 aromatic carbocycles. The topological polar surface area (TPSA) is 58.1 Å². The quantitative estimate of drug-likeness (QED) is 0.928. The lowest BCUT2D eigenvalue weighted by atomic mass is 10.00. The summed E-state index contributed by atoms with van der Waals surface area (Å²) < 4.78 is 0. The third kappa shape index (κ3) is 3.96. The first-order valence-corrected chi connectivity index (χ1v) is 8.70. The standard InChI is InChI=1S/C17H20N4OS/c1-2-6-15-19-20-16(23-15)18-17(22)21-11-9-14(10-12-21)13-7-4-3-5-8-13/h3-5,7-9H,2,6,10-12H2,1H3,(H,18,20,22). The van der Waals surface area contributed by atoms with Crippen molar-refractivity contribution >= 4 is 28.1 Å². The number of nitrogens with zero attached hydrogens (tertiary/aromatic N) is 3. The van der Waals surface area contributed by atoms with Crippen molar-refractivity contribution in [2.75, 3.05) is 18.4 Å². The molecule has 6 heteroatoms. The molecule has 2 heterocycles. The lowest BCUT2D eigenvalue weighted by Gasteiger charge is -2.26. The summed E-state index contributed by atoms with van der Waals surface area (Å²) in [5, 5.41) is 12.5. The number of aromatic nitrogens is 2. The second-order valence-electron chi connectivity index (χ2n) is 5.47. The van der Waals surface area contributed by atoms with Crippen LogP contribution in [0.25, 0.3) is 5.57 Å². The highest BCUT2D eigenvalue weighted by Gasteiger charge is 2.19. The molecular weight excluding hydrogens is 308 g/mol. The number of benzene rings is 1. The zero-order valence-electron chi connectivity index (χ0n) is 13.2. The summed E-state index contributed by atoms with van der Waals surface area (Å²) >= 11 is 1.45. The van der Waals surface area contributed by atoms with Crippen molar-refractivity contribution in [1.82, 2.24) is 15.1 Å². The van der Waals surface area contributed by atoms with E-state index in [0.717, 1.165) is 24.3 Å². The molecule has 1 aromatic heterocycles. The number of anilines is 1. The van der Waals surface area contributed by atoms with Crippen LogP contribution in [0.5, 0.6) is 0 Å². The Morgan fingerprint density at radius 2 is 2.13 bits per heavy atom. The average Bonchev–Trinajstić information content (AvgIpc) is 3.03. The second-order valence-corrected chi connectivity index (χ2v) is 6.53. The number of nitrogens with one attached hydrogen (secondary N) is 1. The smallest absolute Gasteiger partial charge is 0.320 e. The molecule has 23 heavy (non-hydrogen) atoms. The fourth-order valence-electron chi connectivity index (χ4n) is 2.56. The van der Waals surface area contributed by atoms with E-state index in [2.05, 4.69) is 40.6 Å². The number of urea groups is 1. The Hall–Kier alpha value is -2.21. The minimum atomic E-state index is -0.104. The molecule has 1 aliphatic heterocycles. The van der Waals surface area contributed by atoms with Crippen molar-refractivity contribution in [2.24, 2.45) is 0 Å². The van der Waals surface area contributed by atoms with Gasteiger partial charge in [-0.2, -0.15) is 0 Å². The summed E-state index contributed by atoms with van der Waals surface area (Å²) in [4.78, 5) is 14.1. The zero-order valence-corrected chi connectivity index (χ0v) is 14.0. The van der Waals surface area contributed by atoms with Crippen molar-refractivity contribution in [1.29, 1.82) is 0 Å². The predicted octanol–water partition coefficient (Wildman–Crippen LogP) is 3.81. The molecule has 0 unspecified atom stereocenters. The van der Waals surface area contributed by atoms with Crippen LogP contribution in [0.4, 0.5) is 9.93 Å². The third-order valence-electron chi connectivity index (χ3n) is 3.79. The van der Waals surface area contributed by atoms with E-state index in [1.54, 1.807) is 4.90 Å². The van der Waals surface area contributed by atoms with E-state index in [1.807, 2.05) is 18.2 Å². The molecule has 0 spiro atoms. The molecule has 0 fully saturated rings. The molecule has 0 atom stereocenters. The summed E-state index contributed by atoms with van der Waals surface area (Å²) in [5.74, 6) is 0. The van der Waals surface area contributed by atoms with Gasteiger partial charge in [0.15, 0.2) is 0 Å². The van der Waals surface area contributed by atoms with E-state index < -0.39 is 0 Å². The van der Waals surface area contributed by atoms with E-state index in [4.69, 9.17) is 0 Å². The first-order chi connectivity index (χ1) is 11.3. The van der Waals surface area contributed by atoms with E-state index >= 15 is 0 Å². The van der Waals surface area contributed by atoms with E-state index in [1.165, 1.54) is 22.5 Å². The Bertz CT molecular complexity index is 696. The predicted molar refractivity (Wildman–Crippen MR) is 93.5 cm³/mol. The molecule has 120 valence electrons. The van der Waals surface area contributed by atoms with Crippen LogP contribution in [-0.4, -0.2) is 34.2 Å². The van der Waals surface area contributed by atoms with Crippen molar-refractivity contribution in [3.8, 4) is 0 Å². The molecule has 2 amide bonds. The Morgan fingerprint density at radius 3 is 2.83 bits per heavy atom. The molecule has 1 N–H and O–H groups in total. The minimum Gasteiger partial charge on any atom is -0.320 e. The first kappa shape index (κ1) is 15.7. The second kappa shape index (κ2) is 7.37. The number of hydrogen-bond acceptors (Lipinski definition) is 4. The molecule has 0 saturated heterocycles. The van der Waals surface area contributed by atoms with Gasteiger partial charge in [0.1, 0.15) is 5.01 Å². The van der Waals surface area contributed by atoms with Gasteiger partial charge in [-0.15, -0.1) is 10.2 Å². The van der Waals surface area contributed by atoms with Gasteiger partial charge >= 0.3 is 6.03 Å². The number of carbonyl (C=O) groups excluding carboxylic acids is 1. The summed E-state index contributed by atoms with van der Waals surface area (Å²) in [7, 11) is 0. The highest BCUT2D eigenvalue weighted by Crippen LogP contribution is 2.23. The molecule has 0 saturated carbocycles. The Balaban J connectivity index is 1.58. The molecule has 5 nitrogen and oxygen atoms in total. The summed E-state index contributed by atoms with van der Waals surface area (Å²) in [5.41, 5.74) is 2.54. The van der Waals surface area contributed by atoms with Gasteiger partial charge in [-0.25, -0.2) is 4.79 Å². The van der Waals surface area contributed by atoms with Crippen molar-refractivity contribution < 1.29 is 4.79 Å². The minimum absolute atomic E-state index is 0.104. The van der Waals surface area contributed by atoms with Crippen LogP contribution < -0.4 is 5.32 Å². The lowest BCUT2D eigenvalue weighted by Crippen LogP contribution is -2.37. The maximum Gasteiger partial charge on any atom is 0.323 e. The first-order valence-electron chi connectivity index (χ1n) is 7.89. The van der Waals surface area contributed by atoms with Gasteiger partial charge in [0.25, 0.3) is 0 Å². The van der Waals surface area contributed by atoms with Crippen LogP contribution in [0, 0.1) is 0 Å². The fraction of sp³-hybridized carbons (Fsp3) is 0.353. The molecule has 2 aromatic rings. The van der Waals surface area contributed by atoms with E-state index in [0.29, 0.717) is 18.2 Å². The summed E-state index contributed by atoms with van der Waals surface area (Å²) in [6, 6.07) is 10.2. The normalized spacial score (nSPS) is 14.5. The molecule has 3 rings (SSSR count). The molecule has 0 bridgehead atoms. The zero-order chi connectivity index (χ0) is 16.1. The van der Waals surface area contributed by atoms with Crippen molar-refractivity contribution in [3.05, 3.63) is 47.0 Å². The van der Waals surface area contributed by atoms with E-state index in [-0.39, 0.29) is 6.03 Å². The number of aryl methyl sites for hydroxylation is 1. The van der Waals surface area contributed by atoms with Crippen LogP contribution in [0.1, 0.15) is 30.3 Å². The molecule has 0 aliphatic carbocycles. The maximum absolute atomic E-state index is 12.3. The summed E-state index contributed by atoms with van der Waals surface area (Å²) in [6.45, 7) is 3.44. The number of carbonyl (C=O) groups is 1. The van der Waals surface area contributed by atoms with Gasteiger partial charge in [0, 0.05) is 19.5 Å². The van der Waals surface area contributed by atoms with Crippen LogP contribution in [0.2, 0.25) is 0 Å². The van der Waals surface area contributed by atoms with Crippen LogP contribution in [-0.2, 0) is 6.42 Å². The maximum atomic E-state index is 12.3. The highest BCUT2D eigenvalue weighted by molar-refractivity contribution is 7.15. The van der Waals surface area contributed by atoms with Crippen molar-refractivity contribution in [3.63, 3.8) is 0 Å². The number of hydrogen-bond donors (Lipinski definition) is 1. The Labute approximate surface area is 140 Å². The van der Waals surface area contributed by atoms with Gasteiger partial charge in [-0.05, 0) is 24.0 Å². The van der Waals surface area contributed by atoms with Crippen LogP contribution in [0.3, 0.4) is 0 Å². The molecule has 0 radical (unpaired) electrons. The molecular formula is C17H20N4OS. The monoisotopic (exact) mass is 328 g/mol. The van der Waals surface area contributed by atoms with Crippen LogP contribution >= 0.6 is 11.3 Å². The molecule has 1 aliphatic rings. The summed E-state index contributed by atoms with van der Waals surface area (Å²) in [6.07, 6.45) is 4.93. The Morgan fingerprint density at radius 1 is 1.30 bits per heavy atom. The van der Waals surface area contributed by atoms with Gasteiger partial charge in [0.2, 0.25) is 5.13 Å².